The summed E-state index contributed by atoms with van der Waals surface area (Å²) in [5.74, 6) is 0. The molecule has 0 aliphatic heterocycles. The Kier molecular flexibility index (Phi) is 8.79. The Morgan fingerprint density at radius 1 is 0.283 bits per heavy atom. The minimum Gasteiger partial charge on any atom is -0.310 e. The van der Waals surface area contributed by atoms with Gasteiger partial charge in [0.2, 0.25) is 0 Å². The zero-order valence-electron chi connectivity index (χ0n) is 33.1. The topological polar surface area (TPSA) is 3.24 Å². The summed E-state index contributed by atoms with van der Waals surface area (Å²) in [5, 5.41) is 2.46. The average molecular weight is 764 g/mol. The molecule has 1 aliphatic carbocycles. The largest absolute Gasteiger partial charge is 0.310 e. The fraction of sp³-hybridized carbons (Fsp3) is 0.0169. The summed E-state index contributed by atoms with van der Waals surface area (Å²) in [6, 6.07) is 91.1. The Bertz CT molecular complexity index is 3070. The molecule has 1 nitrogen and oxygen atoms in total. The number of hydrogen-bond donors (Lipinski definition) is 0. The number of fused-ring (bicyclic) bond motifs is 4. The summed E-state index contributed by atoms with van der Waals surface area (Å²) in [6.45, 7) is 0. The van der Waals surface area contributed by atoms with E-state index in [-0.39, 0.29) is 0 Å². The van der Waals surface area contributed by atoms with E-state index in [4.69, 9.17) is 0 Å². The smallest absolute Gasteiger partial charge is 0.0714 e. The molecule has 11 rings (SSSR count). The second kappa shape index (κ2) is 14.9. The average Bonchev–Trinajstić information content (AvgIpc) is 3.63. The van der Waals surface area contributed by atoms with Crippen LogP contribution in [0.25, 0.3) is 55.3 Å². The van der Waals surface area contributed by atoms with E-state index in [0.29, 0.717) is 0 Å². The Hall–Kier alpha value is -7.74. The van der Waals surface area contributed by atoms with Crippen LogP contribution in [-0.4, -0.2) is 0 Å². The highest BCUT2D eigenvalue weighted by Gasteiger charge is 2.46. The van der Waals surface area contributed by atoms with Crippen molar-refractivity contribution in [1.29, 1.82) is 0 Å². The van der Waals surface area contributed by atoms with Crippen molar-refractivity contribution in [2.45, 2.75) is 5.41 Å². The second-order valence-electron chi connectivity index (χ2n) is 15.6. The summed E-state index contributed by atoms with van der Waals surface area (Å²) < 4.78 is 0. The van der Waals surface area contributed by atoms with Crippen molar-refractivity contribution in [2.24, 2.45) is 0 Å². The molecule has 1 heteroatoms. The van der Waals surface area contributed by atoms with Crippen molar-refractivity contribution in [1.82, 2.24) is 0 Å². The molecule has 0 saturated carbocycles. The van der Waals surface area contributed by atoms with Crippen LogP contribution in [-0.2, 0) is 5.41 Å². The van der Waals surface area contributed by atoms with E-state index in [1.807, 2.05) is 0 Å². The maximum Gasteiger partial charge on any atom is 0.0714 e. The maximum absolute atomic E-state index is 2.47. The minimum atomic E-state index is -0.521. The van der Waals surface area contributed by atoms with Gasteiger partial charge in [0.1, 0.15) is 0 Å². The molecule has 0 radical (unpaired) electrons. The Morgan fingerprint density at radius 3 is 1.43 bits per heavy atom. The SMILES string of the molecule is c1ccc(-c2ccc(N(c3ccc4c(c3)C(c3ccccc3)(c3ccccc3)c3ccccc3-4)c3ccccc3-c3cccc4cccc(-c5ccccc5)c34)cc2)cc1. The molecule has 0 unspecified atom stereocenters. The van der Waals surface area contributed by atoms with E-state index in [9.17, 15) is 0 Å². The monoisotopic (exact) mass is 763 g/mol. The van der Waals surface area contributed by atoms with Crippen molar-refractivity contribution in [3.05, 3.63) is 271 Å². The Morgan fingerprint density at radius 2 is 0.767 bits per heavy atom. The van der Waals surface area contributed by atoms with E-state index in [2.05, 4.69) is 254 Å². The van der Waals surface area contributed by atoms with Crippen LogP contribution in [0.5, 0.6) is 0 Å². The molecule has 10 aromatic carbocycles. The number of anilines is 3. The molecule has 0 fully saturated rings. The zero-order valence-corrected chi connectivity index (χ0v) is 33.1. The minimum absolute atomic E-state index is 0.521. The molecule has 0 amide bonds. The molecular weight excluding hydrogens is 723 g/mol. The molecule has 10 aromatic rings. The van der Waals surface area contributed by atoms with Gasteiger partial charge in [-0.15, -0.1) is 0 Å². The molecule has 0 heterocycles. The normalized spacial score (nSPS) is 12.5. The quantitative estimate of drug-likeness (QED) is 0.149. The number of hydrogen-bond acceptors (Lipinski definition) is 1. The van der Waals surface area contributed by atoms with Crippen LogP contribution < -0.4 is 4.90 Å². The molecule has 0 spiro atoms. The standard InChI is InChI=1S/C59H41N/c1-5-19-42(20-6-1)43-35-37-48(38-36-43)60(57-34-16-14-30-53(57)54-32-18-24-45-23-17-31-50(58(45)54)44-21-7-2-8-22-44)49-39-40-52-51-29-13-15-33-55(51)59(56(52)41-49,46-25-9-3-10-26-46)47-27-11-4-12-28-47/h1-41H. The molecule has 0 N–H and O–H groups in total. The first-order valence-electron chi connectivity index (χ1n) is 20.8. The predicted molar refractivity (Wildman–Crippen MR) is 252 cm³/mol. The first kappa shape index (κ1) is 35.4. The third kappa shape index (κ3) is 5.78. The van der Waals surface area contributed by atoms with Crippen LogP contribution in [0.3, 0.4) is 0 Å². The number of rotatable bonds is 8. The van der Waals surface area contributed by atoms with Crippen LogP contribution in [0.4, 0.5) is 17.1 Å². The predicted octanol–water partition coefficient (Wildman–Crippen LogP) is 15.7. The molecule has 0 bridgehead atoms. The highest BCUT2D eigenvalue weighted by Crippen LogP contribution is 2.57. The molecule has 0 aromatic heterocycles. The van der Waals surface area contributed by atoms with Gasteiger partial charge in [-0.05, 0) is 102 Å². The first-order valence-corrected chi connectivity index (χ1v) is 20.8. The molecule has 1 aliphatic rings. The highest BCUT2D eigenvalue weighted by atomic mass is 15.1. The van der Waals surface area contributed by atoms with E-state index in [1.54, 1.807) is 0 Å². The molecule has 0 saturated heterocycles. The van der Waals surface area contributed by atoms with Crippen molar-refractivity contribution < 1.29 is 0 Å². The number of para-hydroxylation sites is 1. The van der Waals surface area contributed by atoms with Crippen molar-refractivity contribution in [3.8, 4) is 44.5 Å². The summed E-state index contributed by atoms with van der Waals surface area (Å²) in [5.41, 5.74) is 17.6. The van der Waals surface area contributed by atoms with E-state index < -0.39 is 5.41 Å². The summed E-state index contributed by atoms with van der Waals surface area (Å²) >= 11 is 0. The zero-order chi connectivity index (χ0) is 39.9. The lowest BCUT2D eigenvalue weighted by Crippen LogP contribution is -2.28. The second-order valence-corrected chi connectivity index (χ2v) is 15.6. The van der Waals surface area contributed by atoms with Gasteiger partial charge in [0.15, 0.2) is 0 Å². The van der Waals surface area contributed by atoms with Crippen LogP contribution in [0.2, 0.25) is 0 Å². The number of benzene rings is 10. The lowest BCUT2D eigenvalue weighted by Gasteiger charge is -2.35. The first-order chi connectivity index (χ1) is 29.8. The van der Waals surface area contributed by atoms with Crippen molar-refractivity contribution in [2.75, 3.05) is 4.90 Å². The third-order valence-corrected chi connectivity index (χ3v) is 12.4. The Labute approximate surface area is 352 Å². The fourth-order valence-corrected chi connectivity index (χ4v) is 9.75. The van der Waals surface area contributed by atoms with Crippen LogP contribution in [0.15, 0.2) is 249 Å². The molecule has 282 valence electrons. The van der Waals surface area contributed by atoms with Gasteiger partial charge in [-0.1, -0.05) is 218 Å². The molecular formula is C59H41N. The van der Waals surface area contributed by atoms with Crippen molar-refractivity contribution in [3.63, 3.8) is 0 Å². The van der Waals surface area contributed by atoms with Gasteiger partial charge in [-0.25, -0.2) is 0 Å². The summed E-state index contributed by atoms with van der Waals surface area (Å²) in [7, 11) is 0. The lowest BCUT2D eigenvalue weighted by atomic mass is 9.67. The Balaban J connectivity index is 1.18. The van der Waals surface area contributed by atoms with Gasteiger partial charge in [0.25, 0.3) is 0 Å². The van der Waals surface area contributed by atoms with Crippen LogP contribution >= 0.6 is 0 Å². The highest BCUT2D eigenvalue weighted by molar-refractivity contribution is 6.09. The summed E-state index contributed by atoms with van der Waals surface area (Å²) in [4.78, 5) is 2.47. The van der Waals surface area contributed by atoms with Gasteiger partial charge in [-0.3, -0.25) is 0 Å². The summed E-state index contributed by atoms with van der Waals surface area (Å²) in [6.07, 6.45) is 0. The van der Waals surface area contributed by atoms with Crippen LogP contribution in [0, 0.1) is 0 Å². The van der Waals surface area contributed by atoms with Gasteiger partial charge in [0, 0.05) is 16.9 Å². The number of nitrogens with zero attached hydrogens (tertiary/aromatic N) is 1. The third-order valence-electron chi connectivity index (χ3n) is 12.4. The van der Waals surface area contributed by atoms with Gasteiger partial charge < -0.3 is 4.90 Å². The van der Waals surface area contributed by atoms with Gasteiger partial charge in [-0.2, -0.15) is 0 Å². The van der Waals surface area contributed by atoms with Gasteiger partial charge in [0.05, 0.1) is 11.1 Å². The lowest BCUT2D eigenvalue weighted by molar-refractivity contribution is 0.768. The van der Waals surface area contributed by atoms with E-state index in [0.717, 1.165) is 17.1 Å². The van der Waals surface area contributed by atoms with Gasteiger partial charge >= 0.3 is 0 Å². The molecule has 0 atom stereocenters. The van der Waals surface area contributed by atoms with E-state index in [1.165, 1.54) is 77.5 Å². The van der Waals surface area contributed by atoms with Crippen molar-refractivity contribution >= 4 is 27.8 Å². The van der Waals surface area contributed by atoms with E-state index >= 15 is 0 Å². The van der Waals surface area contributed by atoms with Crippen LogP contribution in [0.1, 0.15) is 22.3 Å². The molecule has 60 heavy (non-hydrogen) atoms. The fourth-order valence-electron chi connectivity index (χ4n) is 9.75. The maximum atomic E-state index is 2.47.